The number of nitrogens with one attached hydrogen (secondary N) is 3. The summed E-state index contributed by atoms with van der Waals surface area (Å²) in [5.74, 6) is 1.77. The highest BCUT2D eigenvalue weighted by Crippen LogP contribution is 2.17. The molecule has 0 aliphatic carbocycles. The third kappa shape index (κ3) is 5.85. The summed E-state index contributed by atoms with van der Waals surface area (Å²) < 4.78 is 5.37. The lowest BCUT2D eigenvalue weighted by Gasteiger charge is -2.26. The highest BCUT2D eigenvalue weighted by molar-refractivity contribution is 5.58. The van der Waals surface area contributed by atoms with Crippen LogP contribution in [0.2, 0.25) is 0 Å². The third-order valence-corrected chi connectivity index (χ3v) is 4.70. The molecule has 1 aromatic carbocycles. The Balaban J connectivity index is 1.29. The van der Waals surface area contributed by atoms with Crippen molar-refractivity contribution in [1.82, 2.24) is 24.8 Å². The largest absolute Gasteiger partial charge is 0.379 e. The Morgan fingerprint density at radius 1 is 0.967 bits per heavy atom. The van der Waals surface area contributed by atoms with Crippen molar-refractivity contribution < 1.29 is 4.74 Å². The van der Waals surface area contributed by atoms with Crippen LogP contribution in [0.25, 0.3) is 0 Å². The summed E-state index contributed by atoms with van der Waals surface area (Å²) in [6.45, 7) is 7.48. The standard InChI is InChI=1S/C21H26N8O/c1-16-3-2-4-17(13-16)26-20-24-15-25-21(28-20)27-18-5-6-19(23-14-18)22-7-8-29-9-11-30-12-10-29/h2-6,13-15H,7-12H2,1H3,(H,22,23)(H2,24,25,26,27,28). The Bertz CT molecular complexity index is 944. The van der Waals surface area contributed by atoms with Gasteiger partial charge < -0.3 is 20.7 Å². The number of pyridine rings is 1. The minimum absolute atomic E-state index is 0.454. The molecular formula is C21H26N8O. The van der Waals surface area contributed by atoms with Crippen molar-refractivity contribution >= 4 is 29.1 Å². The second-order valence-electron chi connectivity index (χ2n) is 7.07. The second-order valence-corrected chi connectivity index (χ2v) is 7.07. The van der Waals surface area contributed by atoms with Crippen LogP contribution in [-0.4, -0.2) is 64.2 Å². The normalized spacial score (nSPS) is 14.3. The first kappa shape index (κ1) is 20.0. The second kappa shape index (κ2) is 9.95. The molecule has 1 aliphatic heterocycles. The molecule has 1 saturated heterocycles. The number of morpholine rings is 1. The average molecular weight is 406 g/mol. The number of ether oxygens (including phenoxy) is 1. The lowest BCUT2D eigenvalue weighted by atomic mass is 10.2. The lowest BCUT2D eigenvalue weighted by Crippen LogP contribution is -2.39. The maximum absolute atomic E-state index is 5.37. The molecule has 0 spiro atoms. The maximum Gasteiger partial charge on any atom is 0.232 e. The van der Waals surface area contributed by atoms with Gasteiger partial charge in [0.05, 0.1) is 25.1 Å². The molecule has 3 N–H and O–H groups in total. The van der Waals surface area contributed by atoms with Gasteiger partial charge in [-0.3, -0.25) is 4.90 Å². The predicted octanol–water partition coefficient (Wildman–Crippen LogP) is 2.81. The van der Waals surface area contributed by atoms with Gasteiger partial charge >= 0.3 is 0 Å². The van der Waals surface area contributed by atoms with Crippen molar-refractivity contribution in [2.24, 2.45) is 0 Å². The predicted molar refractivity (Wildman–Crippen MR) is 118 cm³/mol. The summed E-state index contributed by atoms with van der Waals surface area (Å²) in [6.07, 6.45) is 3.23. The summed E-state index contributed by atoms with van der Waals surface area (Å²) in [5, 5.41) is 9.70. The van der Waals surface area contributed by atoms with Crippen LogP contribution in [0.1, 0.15) is 5.56 Å². The van der Waals surface area contributed by atoms with Crippen LogP contribution in [0.3, 0.4) is 0 Å². The minimum Gasteiger partial charge on any atom is -0.379 e. The molecule has 0 bridgehead atoms. The van der Waals surface area contributed by atoms with E-state index in [0.717, 1.165) is 62.1 Å². The van der Waals surface area contributed by atoms with Crippen LogP contribution in [0.15, 0.2) is 48.9 Å². The molecule has 2 aromatic heterocycles. The fourth-order valence-corrected chi connectivity index (χ4v) is 3.14. The zero-order valence-corrected chi connectivity index (χ0v) is 17.0. The Hall–Kier alpha value is -3.30. The number of rotatable bonds is 8. The van der Waals surface area contributed by atoms with Gasteiger partial charge in [-0.1, -0.05) is 12.1 Å². The van der Waals surface area contributed by atoms with Crippen LogP contribution in [-0.2, 0) is 4.74 Å². The van der Waals surface area contributed by atoms with E-state index in [2.05, 4.69) is 40.8 Å². The van der Waals surface area contributed by atoms with E-state index in [1.165, 1.54) is 6.33 Å². The quantitative estimate of drug-likeness (QED) is 0.521. The van der Waals surface area contributed by atoms with Gasteiger partial charge in [-0.15, -0.1) is 0 Å². The van der Waals surface area contributed by atoms with Gasteiger partial charge in [-0.2, -0.15) is 4.98 Å². The number of aryl methyl sites for hydroxylation is 1. The van der Waals surface area contributed by atoms with Crippen LogP contribution in [0.5, 0.6) is 0 Å². The van der Waals surface area contributed by atoms with Gasteiger partial charge in [-0.25, -0.2) is 15.0 Å². The Labute approximate surface area is 175 Å². The highest BCUT2D eigenvalue weighted by atomic mass is 16.5. The van der Waals surface area contributed by atoms with E-state index in [4.69, 9.17) is 4.74 Å². The molecule has 156 valence electrons. The Morgan fingerprint density at radius 2 is 1.77 bits per heavy atom. The molecule has 0 radical (unpaired) electrons. The van der Waals surface area contributed by atoms with E-state index >= 15 is 0 Å². The molecule has 1 aliphatic rings. The van der Waals surface area contributed by atoms with Gasteiger partial charge in [0, 0.05) is 31.9 Å². The molecular weight excluding hydrogens is 380 g/mol. The van der Waals surface area contributed by atoms with Gasteiger partial charge in [0.25, 0.3) is 0 Å². The molecule has 3 aromatic rings. The molecule has 4 rings (SSSR count). The minimum atomic E-state index is 0.454. The van der Waals surface area contributed by atoms with E-state index in [-0.39, 0.29) is 0 Å². The van der Waals surface area contributed by atoms with Crippen molar-refractivity contribution in [3.05, 3.63) is 54.5 Å². The van der Waals surface area contributed by atoms with Gasteiger partial charge in [-0.05, 0) is 36.8 Å². The molecule has 9 nitrogen and oxygen atoms in total. The first-order valence-corrected chi connectivity index (χ1v) is 10.0. The van der Waals surface area contributed by atoms with Gasteiger partial charge in [0.15, 0.2) is 0 Å². The van der Waals surface area contributed by atoms with Crippen LogP contribution in [0, 0.1) is 6.92 Å². The van der Waals surface area contributed by atoms with Gasteiger partial charge in [0.1, 0.15) is 12.1 Å². The van der Waals surface area contributed by atoms with Crippen molar-refractivity contribution in [3.63, 3.8) is 0 Å². The van der Waals surface area contributed by atoms with Gasteiger partial charge in [0.2, 0.25) is 11.9 Å². The molecule has 0 saturated carbocycles. The van der Waals surface area contributed by atoms with E-state index in [1.807, 2.05) is 43.3 Å². The monoisotopic (exact) mass is 406 g/mol. The van der Waals surface area contributed by atoms with Crippen LogP contribution >= 0.6 is 0 Å². The van der Waals surface area contributed by atoms with Crippen LogP contribution in [0.4, 0.5) is 29.1 Å². The number of anilines is 5. The fraction of sp³-hybridized carbons (Fsp3) is 0.333. The third-order valence-electron chi connectivity index (χ3n) is 4.70. The summed E-state index contributed by atoms with van der Waals surface area (Å²) in [5.41, 5.74) is 2.90. The summed E-state index contributed by atoms with van der Waals surface area (Å²) in [7, 11) is 0. The smallest absolute Gasteiger partial charge is 0.232 e. The van der Waals surface area contributed by atoms with Crippen molar-refractivity contribution in [2.75, 3.05) is 55.3 Å². The van der Waals surface area contributed by atoms with Crippen molar-refractivity contribution in [3.8, 4) is 0 Å². The van der Waals surface area contributed by atoms with E-state index < -0.39 is 0 Å². The Kier molecular flexibility index (Phi) is 6.63. The zero-order chi connectivity index (χ0) is 20.6. The molecule has 1 fully saturated rings. The Morgan fingerprint density at radius 3 is 2.50 bits per heavy atom. The van der Waals surface area contributed by atoms with E-state index in [0.29, 0.717) is 11.9 Å². The molecule has 9 heteroatoms. The highest BCUT2D eigenvalue weighted by Gasteiger charge is 2.09. The first-order chi connectivity index (χ1) is 14.7. The first-order valence-electron chi connectivity index (χ1n) is 10.0. The maximum atomic E-state index is 5.37. The topological polar surface area (TPSA) is 100 Å². The molecule has 3 heterocycles. The molecule has 30 heavy (non-hydrogen) atoms. The average Bonchev–Trinajstić information content (AvgIpc) is 2.76. The molecule has 0 amide bonds. The zero-order valence-electron chi connectivity index (χ0n) is 17.0. The molecule has 0 atom stereocenters. The number of hydrogen-bond donors (Lipinski definition) is 3. The number of benzene rings is 1. The molecule has 0 unspecified atom stereocenters. The number of aromatic nitrogens is 4. The SMILES string of the molecule is Cc1cccc(Nc2ncnc(Nc3ccc(NCCN4CCOCC4)nc3)n2)c1. The van der Waals surface area contributed by atoms with Crippen LogP contribution < -0.4 is 16.0 Å². The fourth-order valence-electron chi connectivity index (χ4n) is 3.14. The van der Waals surface area contributed by atoms with Crippen molar-refractivity contribution in [1.29, 1.82) is 0 Å². The number of nitrogens with zero attached hydrogens (tertiary/aromatic N) is 5. The summed E-state index contributed by atoms with van der Waals surface area (Å²) >= 11 is 0. The lowest BCUT2D eigenvalue weighted by molar-refractivity contribution is 0.0398. The van der Waals surface area contributed by atoms with Crippen molar-refractivity contribution in [2.45, 2.75) is 6.92 Å². The summed E-state index contributed by atoms with van der Waals surface area (Å²) in [4.78, 5) is 19.6. The van der Waals surface area contributed by atoms with E-state index in [9.17, 15) is 0 Å². The summed E-state index contributed by atoms with van der Waals surface area (Å²) in [6, 6.07) is 11.9. The number of hydrogen-bond acceptors (Lipinski definition) is 9. The van der Waals surface area contributed by atoms with E-state index in [1.54, 1.807) is 6.20 Å².